The summed E-state index contributed by atoms with van der Waals surface area (Å²) in [6.07, 6.45) is 1.54. The van der Waals surface area contributed by atoms with Crippen molar-refractivity contribution in [1.82, 2.24) is 0 Å². The lowest BCUT2D eigenvalue weighted by Crippen LogP contribution is -2.01. The summed E-state index contributed by atoms with van der Waals surface area (Å²) < 4.78 is 4.32. The van der Waals surface area contributed by atoms with E-state index in [4.69, 9.17) is 0 Å². The Labute approximate surface area is 70.2 Å². The summed E-state index contributed by atoms with van der Waals surface area (Å²) in [6, 6.07) is 0. The molecular weight excluding hydrogens is 162 g/mol. The van der Waals surface area contributed by atoms with Gasteiger partial charge in [-0.25, -0.2) is 0 Å². The van der Waals surface area contributed by atoms with E-state index >= 15 is 0 Å². The molecule has 0 unspecified atom stereocenters. The summed E-state index contributed by atoms with van der Waals surface area (Å²) in [5, 5.41) is 10.2. The number of hydrogen-bond donors (Lipinski definition) is 0. The van der Waals surface area contributed by atoms with Crippen LogP contribution in [0.1, 0.15) is 19.8 Å². The van der Waals surface area contributed by atoms with Crippen LogP contribution in [-0.2, 0) is 9.53 Å². The molecule has 0 fully saturated rings. The molecule has 0 aromatic heterocycles. The number of carbonyl (C=O) groups is 1. The Hall–Kier alpha value is -1.39. The molecule has 0 saturated carbocycles. The fourth-order valence-corrected chi connectivity index (χ4v) is 0.632. The molecule has 0 radical (unpaired) electrons. The van der Waals surface area contributed by atoms with Gasteiger partial charge in [0.05, 0.1) is 18.5 Å². The van der Waals surface area contributed by atoms with Crippen molar-refractivity contribution < 1.29 is 14.5 Å². The van der Waals surface area contributed by atoms with Crippen molar-refractivity contribution in [1.29, 1.82) is 0 Å². The minimum absolute atomic E-state index is 0.0410. The topological polar surface area (TPSA) is 69.4 Å². The average Bonchev–Trinajstić information content (AvgIpc) is 2.04. The Morgan fingerprint density at radius 2 is 2.25 bits per heavy atom. The van der Waals surface area contributed by atoms with Crippen molar-refractivity contribution in [3.63, 3.8) is 0 Å². The van der Waals surface area contributed by atoms with E-state index in [1.54, 1.807) is 6.92 Å². The zero-order valence-electron chi connectivity index (χ0n) is 7.07. The van der Waals surface area contributed by atoms with Gasteiger partial charge in [0.15, 0.2) is 0 Å². The number of methoxy groups -OCH3 is 1. The highest BCUT2D eigenvalue weighted by atomic mass is 16.6. The molecule has 5 heteroatoms. The fourth-order valence-electron chi connectivity index (χ4n) is 0.632. The second kappa shape index (κ2) is 5.29. The lowest BCUT2D eigenvalue weighted by molar-refractivity contribution is -0.427. The van der Waals surface area contributed by atoms with Crippen molar-refractivity contribution in [3.05, 3.63) is 21.9 Å². The number of nitro groups is 1. The molecule has 0 aliphatic heterocycles. The van der Waals surface area contributed by atoms with Crippen molar-refractivity contribution in [3.8, 4) is 0 Å². The van der Waals surface area contributed by atoms with Crippen LogP contribution in [0.15, 0.2) is 11.8 Å². The maximum atomic E-state index is 10.6. The summed E-state index contributed by atoms with van der Waals surface area (Å²) in [5.41, 5.74) is 0.0420. The number of nitrogens with zero attached hydrogens (tertiary/aromatic N) is 1. The van der Waals surface area contributed by atoms with Crippen molar-refractivity contribution in [2.24, 2.45) is 0 Å². The Kier molecular flexibility index (Phi) is 4.67. The van der Waals surface area contributed by atoms with Gasteiger partial charge in [0.2, 0.25) is 5.70 Å². The van der Waals surface area contributed by atoms with Crippen LogP contribution in [0.25, 0.3) is 0 Å². The molecule has 0 saturated heterocycles. The Morgan fingerprint density at radius 1 is 1.67 bits per heavy atom. The van der Waals surface area contributed by atoms with Crippen LogP contribution in [0.2, 0.25) is 0 Å². The molecule has 12 heavy (non-hydrogen) atoms. The third-order valence-electron chi connectivity index (χ3n) is 1.33. The van der Waals surface area contributed by atoms with Gasteiger partial charge in [-0.15, -0.1) is 0 Å². The number of carbonyl (C=O) groups excluding carboxylic acids is 1. The zero-order valence-corrected chi connectivity index (χ0v) is 7.07. The first-order valence-electron chi connectivity index (χ1n) is 3.52. The lowest BCUT2D eigenvalue weighted by atomic mass is 10.3. The molecular formula is C7H11NO4. The standard InChI is InChI=1S/C7H11NO4/c1-3-6(8(10)11)4-5-7(9)12-2/h4H,3,5H2,1-2H3/b6-4+. The molecule has 0 atom stereocenters. The van der Waals surface area contributed by atoms with Gasteiger partial charge in [0.25, 0.3) is 0 Å². The first kappa shape index (κ1) is 10.6. The summed E-state index contributed by atoms with van der Waals surface area (Å²) in [6.45, 7) is 1.66. The number of allylic oxidation sites excluding steroid dienone is 1. The molecule has 0 rings (SSSR count). The van der Waals surface area contributed by atoms with Crippen LogP contribution in [0, 0.1) is 10.1 Å². The molecule has 0 aromatic rings. The smallest absolute Gasteiger partial charge is 0.309 e. The molecule has 0 spiro atoms. The van der Waals surface area contributed by atoms with E-state index in [1.165, 1.54) is 13.2 Å². The Balaban J connectivity index is 4.12. The third kappa shape index (κ3) is 3.70. The third-order valence-corrected chi connectivity index (χ3v) is 1.33. The van der Waals surface area contributed by atoms with E-state index in [9.17, 15) is 14.9 Å². The highest BCUT2D eigenvalue weighted by molar-refractivity contribution is 5.70. The monoisotopic (exact) mass is 173 g/mol. The van der Waals surface area contributed by atoms with Gasteiger partial charge in [-0.05, 0) is 0 Å². The Bertz CT molecular complexity index is 209. The quantitative estimate of drug-likeness (QED) is 0.363. The molecule has 0 heterocycles. The van der Waals surface area contributed by atoms with E-state index < -0.39 is 10.9 Å². The van der Waals surface area contributed by atoms with E-state index in [0.29, 0.717) is 6.42 Å². The highest BCUT2D eigenvalue weighted by Gasteiger charge is 2.07. The number of rotatable bonds is 4. The molecule has 0 bridgehead atoms. The normalized spacial score (nSPS) is 11.0. The molecule has 0 aromatic carbocycles. The van der Waals surface area contributed by atoms with Crippen LogP contribution in [0.5, 0.6) is 0 Å². The summed E-state index contributed by atoms with van der Waals surface area (Å²) in [5.74, 6) is -0.470. The minimum atomic E-state index is -0.497. The van der Waals surface area contributed by atoms with Gasteiger partial charge in [-0.1, -0.05) is 6.92 Å². The second-order valence-electron chi connectivity index (χ2n) is 2.09. The van der Waals surface area contributed by atoms with E-state index in [1.807, 2.05) is 0 Å². The first-order chi connectivity index (χ1) is 5.61. The molecule has 0 aliphatic carbocycles. The van der Waals surface area contributed by atoms with Gasteiger partial charge in [-0.2, -0.15) is 0 Å². The Morgan fingerprint density at radius 3 is 2.58 bits per heavy atom. The molecule has 0 amide bonds. The summed E-state index contributed by atoms with van der Waals surface area (Å²) >= 11 is 0. The maximum Gasteiger partial charge on any atom is 0.309 e. The van der Waals surface area contributed by atoms with E-state index in [-0.39, 0.29) is 12.1 Å². The highest BCUT2D eigenvalue weighted by Crippen LogP contribution is 2.02. The van der Waals surface area contributed by atoms with Gasteiger partial charge in [0.1, 0.15) is 0 Å². The predicted molar refractivity (Wildman–Crippen MR) is 42.0 cm³/mol. The van der Waals surface area contributed by atoms with Crippen molar-refractivity contribution in [2.75, 3.05) is 7.11 Å². The van der Waals surface area contributed by atoms with Crippen molar-refractivity contribution >= 4 is 5.97 Å². The predicted octanol–water partition coefficient (Wildman–Crippen LogP) is 1.12. The van der Waals surface area contributed by atoms with Gasteiger partial charge in [0, 0.05) is 12.5 Å². The van der Waals surface area contributed by atoms with Crippen LogP contribution >= 0.6 is 0 Å². The second-order valence-corrected chi connectivity index (χ2v) is 2.09. The van der Waals surface area contributed by atoms with Crippen molar-refractivity contribution in [2.45, 2.75) is 19.8 Å². The fraction of sp³-hybridized carbons (Fsp3) is 0.571. The minimum Gasteiger partial charge on any atom is -0.469 e. The van der Waals surface area contributed by atoms with Gasteiger partial charge in [-0.3, -0.25) is 14.9 Å². The molecule has 0 aliphatic rings. The van der Waals surface area contributed by atoms with E-state index in [0.717, 1.165) is 0 Å². The summed E-state index contributed by atoms with van der Waals surface area (Å²) in [7, 11) is 1.24. The number of hydrogen-bond acceptors (Lipinski definition) is 4. The van der Waals surface area contributed by atoms with E-state index in [2.05, 4.69) is 4.74 Å². The number of ether oxygens (including phenoxy) is 1. The molecule has 0 N–H and O–H groups in total. The van der Waals surface area contributed by atoms with Crippen LogP contribution in [0.3, 0.4) is 0 Å². The molecule has 68 valence electrons. The van der Waals surface area contributed by atoms with Crippen LogP contribution in [-0.4, -0.2) is 18.0 Å². The van der Waals surface area contributed by atoms with Gasteiger partial charge < -0.3 is 4.74 Å². The molecule has 5 nitrogen and oxygen atoms in total. The SMILES string of the molecule is CC/C(=C\CC(=O)OC)[N+](=O)[O-]. The average molecular weight is 173 g/mol. The van der Waals surface area contributed by atoms with Gasteiger partial charge >= 0.3 is 5.97 Å². The lowest BCUT2D eigenvalue weighted by Gasteiger charge is -1.94. The number of esters is 1. The zero-order chi connectivity index (χ0) is 9.56. The maximum absolute atomic E-state index is 10.6. The first-order valence-corrected chi connectivity index (χ1v) is 3.52. The summed E-state index contributed by atoms with van der Waals surface area (Å²) in [4.78, 5) is 20.3. The van der Waals surface area contributed by atoms with Crippen LogP contribution < -0.4 is 0 Å². The van der Waals surface area contributed by atoms with Crippen LogP contribution in [0.4, 0.5) is 0 Å². The largest absolute Gasteiger partial charge is 0.469 e.